The highest BCUT2D eigenvalue weighted by Crippen LogP contribution is 2.20. The van der Waals surface area contributed by atoms with Gasteiger partial charge in [0.15, 0.2) is 11.9 Å². The molecule has 1 aromatic heterocycles. The maximum absolute atomic E-state index is 14.7. The zero-order chi connectivity index (χ0) is 56.6. The number of benzene rings is 2. The quantitative estimate of drug-likeness (QED) is 0.0233. The SMILES string of the molecule is CC(=O)N[C@H](CCCN=C(N)N)C(=O)N[C@H]1CC(=O)NCCCC[C@@H](C(N)=O)NC(=O)[C@H](Cc2c[nH]c3ccccc23)NC(=O)[C@H](CCCN=C(N)N)NC(=O)[C@@H](Cc2ccc(N)cc2)NC(=O)[C@H](CCC(N)=O)NC1=O. The Bertz CT molecular complexity index is 2630. The van der Waals surface area contributed by atoms with Gasteiger partial charge in [-0.3, -0.25) is 57.9 Å². The van der Waals surface area contributed by atoms with Crippen LogP contribution in [0.3, 0.4) is 0 Å². The summed E-state index contributed by atoms with van der Waals surface area (Å²) in [6, 6.07) is 3.32. The van der Waals surface area contributed by atoms with Gasteiger partial charge in [-0.25, -0.2) is 0 Å². The Labute approximate surface area is 443 Å². The molecule has 77 heavy (non-hydrogen) atoms. The number of primary amides is 2. The van der Waals surface area contributed by atoms with Gasteiger partial charge in [0.2, 0.25) is 59.1 Å². The van der Waals surface area contributed by atoms with Gasteiger partial charge in [-0.05, 0) is 80.7 Å². The number of H-pyrrole nitrogens is 1. The summed E-state index contributed by atoms with van der Waals surface area (Å²) in [5.74, 6) is -9.12. The Hall–Kier alpha value is -8.98. The molecular formula is C49H72N18O10. The van der Waals surface area contributed by atoms with Gasteiger partial charge >= 0.3 is 0 Å². The number of nitrogen functional groups attached to an aromatic ring is 1. The number of guanidine groups is 2. The van der Waals surface area contributed by atoms with Crippen LogP contribution in [0.4, 0.5) is 5.69 Å². The Balaban J connectivity index is 1.80. The van der Waals surface area contributed by atoms with Crippen molar-refractivity contribution >= 4 is 87.6 Å². The molecule has 3 aromatic rings. The van der Waals surface area contributed by atoms with Crippen molar-refractivity contribution in [1.29, 1.82) is 0 Å². The summed E-state index contributed by atoms with van der Waals surface area (Å²) in [7, 11) is 0. The first-order chi connectivity index (χ1) is 36.6. The molecule has 1 saturated heterocycles. The van der Waals surface area contributed by atoms with Crippen LogP contribution in [0.15, 0.2) is 64.7 Å². The fraction of sp³-hybridized carbons (Fsp3) is 0.469. The molecule has 0 radical (unpaired) electrons. The molecule has 0 bridgehead atoms. The molecule has 28 nitrogen and oxygen atoms in total. The average Bonchev–Trinajstić information content (AvgIpc) is 3.78. The van der Waals surface area contributed by atoms with Crippen LogP contribution in [-0.2, 0) is 60.8 Å². The minimum atomic E-state index is -1.72. The van der Waals surface area contributed by atoms with E-state index in [9.17, 15) is 47.9 Å². The fourth-order valence-electron chi connectivity index (χ4n) is 8.26. The number of aromatic amines is 1. The molecule has 7 atom stereocenters. The van der Waals surface area contributed by atoms with Crippen LogP contribution in [0, 0.1) is 0 Å². The molecule has 0 unspecified atom stereocenters. The third kappa shape index (κ3) is 21.0. The first-order valence-corrected chi connectivity index (χ1v) is 25.0. The number of nitrogens with one attached hydrogen (secondary N) is 9. The number of rotatable bonds is 19. The fourth-order valence-corrected chi connectivity index (χ4v) is 8.26. The lowest BCUT2D eigenvalue weighted by atomic mass is 10.0. The van der Waals surface area contributed by atoms with E-state index in [-0.39, 0.29) is 89.3 Å². The maximum Gasteiger partial charge on any atom is 0.243 e. The summed E-state index contributed by atoms with van der Waals surface area (Å²) in [5, 5.41) is 21.6. The zero-order valence-corrected chi connectivity index (χ0v) is 42.9. The second kappa shape index (κ2) is 30.4. The van der Waals surface area contributed by atoms with Crippen molar-refractivity contribution in [3.05, 3.63) is 65.9 Å². The molecule has 0 aliphatic carbocycles. The summed E-state index contributed by atoms with van der Waals surface area (Å²) in [6.07, 6.45) is 0.341. The molecule has 0 spiro atoms. The molecule has 418 valence electrons. The molecule has 28 heteroatoms. The summed E-state index contributed by atoms with van der Waals surface area (Å²) < 4.78 is 0. The predicted octanol–water partition coefficient (Wildman–Crippen LogP) is -4.50. The van der Waals surface area contributed by atoms with Crippen LogP contribution in [0.5, 0.6) is 0 Å². The third-order valence-corrected chi connectivity index (χ3v) is 12.2. The van der Waals surface area contributed by atoms with Crippen LogP contribution in [-0.4, -0.2) is 138 Å². The normalized spacial score (nSPS) is 20.8. The van der Waals surface area contributed by atoms with Crippen LogP contribution in [0.25, 0.3) is 10.9 Å². The van der Waals surface area contributed by atoms with Crippen molar-refractivity contribution in [2.45, 2.75) is 126 Å². The van der Waals surface area contributed by atoms with Gasteiger partial charge < -0.3 is 87.7 Å². The molecule has 0 saturated carbocycles. The van der Waals surface area contributed by atoms with E-state index in [0.29, 0.717) is 16.8 Å². The van der Waals surface area contributed by atoms with Gasteiger partial charge in [-0.2, -0.15) is 0 Å². The van der Waals surface area contributed by atoms with Gasteiger partial charge in [0.05, 0.1) is 6.42 Å². The number of hydrogen-bond acceptors (Lipinski definition) is 13. The van der Waals surface area contributed by atoms with E-state index in [1.807, 2.05) is 18.2 Å². The van der Waals surface area contributed by atoms with Gasteiger partial charge in [0, 0.05) is 68.6 Å². The number of aromatic nitrogens is 1. The smallest absolute Gasteiger partial charge is 0.243 e. The van der Waals surface area contributed by atoms with Crippen molar-refractivity contribution in [2.24, 2.45) is 44.4 Å². The molecule has 23 N–H and O–H groups in total. The first-order valence-electron chi connectivity index (χ1n) is 25.0. The largest absolute Gasteiger partial charge is 0.399 e. The van der Waals surface area contributed by atoms with Gasteiger partial charge in [-0.1, -0.05) is 30.3 Å². The molecule has 2 heterocycles. The molecule has 4 rings (SSSR count). The zero-order valence-electron chi connectivity index (χ0n) is 42.9. The molecule has 1 aliphatic rings. The summed E-state index contributed by atoms with van der Waals surface area (Å²) in [4.78, 5) is 148. The third-order valence-electron chi connectivity index (χ3n) is 12.2. The van der Waals surface area contributed by atoms with Crippen molar-refractivity contribution in [2.75, 3.05) is 25.4 Å². The molecule has 1 fully saturated rings. The number of anilines is 1. The monoisotopic (exact) mass is 1070 g/mol. The van der Waals surface area contributed by atoms with E-state index < -0.39 is 121 Å². The maximum atomic E-state index is 14.7. The predicted molar refractivity (Wildman–Crippen MR) is 285 cm³/mol. The Morgan fingerprint density at radius 3 is 1.91 bits per heavy atom. The van der Waals surface area contributed by atoms with E-state index in [1.165, 1.54) is 0 Å². The lowest BCUT2D eigenvalue weighted by Crippen LogP contribution is -2.60. The number of carbonyl (C=O) groups excluding carboxylic acids is 10. The molecular weight excluding hydrogens is 1000 g/mol. The van der Waals surface area contributed by atoms with Crippen molar-refractivity contribution in [3.8, 4) is 0 Å². The summed E-state index contributed by atoms with van der Waals surface area (Å²) in [5.41, 5.74) is 41.4. The number of amides is 10. The molecule has 1 aliphatic heterocycles. The minimum absolute atomic E-state index is 0.00784. The van der Waals surface area contributed by atoms with E-state index >= 15 is 0 Å². The summed E-state index contributed by atoms with van der Waals surface area (Å²) >= 11 is 0. The number of aliphatic imine (C=N–C) groups is 2. The topological polar surface area (TPSA) is 490 Å². The number of fused-ring (bicyclic) bond motifs is 1. The highest BCUT2D eigenvalue weighted by atomic mass is 16.2. The van der Waals surface area contributed by atoms with Crippen molar-refractivity contribution in [1.82, 2.24) is 47.5 Å². The van der Waals surface area contributed by atoms with E-state index in [4.69, 9.17) is 40.1 Å². The lowest BCUT2D eigenvalue weighted by Gasteiger charge is -2.28. The van der Waals surface area contributed by atoms with E-state index in [1.54, 1.807) is 36.5 Å². The second-order valence-corrected chi connectivity index (χ2v) is 18.5. The number of hydrogen-bond donors (Lipinski definition) is 16. The van der Waals surface area contributed by atoms with Crippen molar-refractivity contribution < 1.29 is 47.9 Å². The number of nitrogens with zero attached hydrogens (tertiary/aromatic N) is 2. The van der Waals surface area contributed by atoms with E-state index in [0.717, 1.165) is 17.8 Å². The van der Waals surface area contributed by atoms with Gasteiger partial charge in [0.1, 0.15) is 42.3 Å². The minimum Gasteiger partial charge on any atom is -0.399 e. The van der Waals surface area contributed by atoms with Gasteiger partial charge in [-0.15, -0.1) is 0 Å². The lowest BCUT2D eigenvalue weighted by molar-refractivity contribution is -0.136. The number of nitrogens with two attached hydrogens (primary N) is 7. The van der Waals surface area contributed by atoms with E-state index in [2.05, 4.69) is 57.5 Å². The van der Waals surface area contributed by atoms with Crippen LogP contribution >= 0.6 is 0 Å². The standard InChI is InChI=1S/C49H72N18O10/c1-26(68)61-33(11-6-20-58-48(53)54)42(72)67-38-24-40(70)57-19-5-4-10-32(41(52)71)62-46(76)37(23-28-25-60-31-9-3-2-8-30(28)31)66-43(73)34(12-7-21-59-49(55)56)63-45(75)36(22-27-13-15-29(50)16-14-27)65-44(74)35(64-47(38)77)17-18-39(51)69/h2-3,8-9,13-16,25,32-38,60H,4-7,10-12,17-24,50H2,1H3,(H2,51,69)(H2,52,71)(H,57,70)(H,61,68)(H,62,76)(H,63,75)(H,64,77)(H,65,74)(H,66,73)(H,67,72)(H4,53,54,58)(H4,55,56,59)/t32-,33+,34-,35-,36+,37-,38-/m0/s1. The summed E-state index contributed by atoms with van der Waals surface area (Å²) in [6.45, 7) is 1.24. The van der Waals surface area contributed by atoms with Crippen LogP contribution < -0.4 is 82.7 Å². The Kier molecular flexibility index (Phi) is 23.9. The average molecular weight is 1070 g/mol. The number of carbonyl (C=O) groups is 10. The van der Waals surface area contributed by atoms with Crippen LogP contribution in [0.2, 0.25) is 0 Å². The Morgan fingerprint density at radius 1 is 0.688 bits per heavy atom. The van der Waals surface area contributed by atoms with Gasteiger partial charge in [0.25, 0.3) is 0 Å². The van der Waals surface area contributed by atoms with Crippen LogP contribution in [0.1, 0.15) is 82.3 Å². The Morgan fingerprint density at radius 2 is 1.27 bits per heavy atom. The highest BCUT2D eigenvalue weighted by Gasteiger charge is 2.35. The molecule has 10 amide bonds. The second-order valence-electron chi connectivity index (χ2n) is 18.5. The van der Waals surface area contributed by atoms with Crippen molar-refractivity contribution in [3.63, 3.8) is 0 Å². The highest BCUT2D eigenvalue weighted by molar-refractivity contribution is 5.99. The molecule has 2 aromatic carbocycles. The number of para-hydroxylation sites is 1. The first kappa shape index (κ1) is 60.6.